The van der Waals surface area contributed by atoms with Gasteiger partial charge in [-0.3, -0.25) is 4.79 Å². The molecule has 0 aliphatic rings. The van der Waals surface area contributed by atoms with Gasteiger partial charge in [0.25, 0.3) is 0 Å². The van der Waals surface area contributed by atoms with Crippen molar-refractivity contribution in [2.45, 2.75) is 32.4 Å². The van der Waals surface area contributed by atoms with Crippen LogP contribution in [0.5, 0.6) is 11.5 Å². The number of carboxylic acids is 1. The molecule has 0 bridgehead atoms. The number of carbonyl (C=O) groups is 1. The van der Waals surface area contributed by atoms with Gasteiger partial charge in [0.1, 0.15) is 11.5 Å². The number of anilines is 1. The maximum atomic E-state index is 11.0. The molecule has 5 heteroatoms. The Balaban J connectivity index is 1.87. The molecule has 0 aromatic heterocycles. The summed E-state index contributed by atoms with van der Waals surface area (Å²) in [6.07, 6.45) is 0.122. The molecule has 162 valence electrons. The van der Waals surface area contributed by atoms with Crippen molar-refractivity contribution in [2.75, 3.05) is 19.1 Å². The summed E-state index contributed by atoms with van der Waals surface area (Å²) in [6, 6.07) is 24.3. The third kappa shape index (κ3) is 6.25. The highest BCUT2D eigenvalue weighted by Gasteiger charge is 2.13. The van der Waals surface area contributed by atoms with Crippen molar-refractivity contribution in [3.05, 3.63) is 89.5 Å². The van der Waals surface area contributed by atoms with E-state index >= 15 is 0 Å². The fourth-order valence-corrected chi connectivity index (χ4v) is 3.61. The Bertz CT molecular complexity index is 951. The lowest BCUT2D eigenvalue weighted by atomic mass is 9.97. The van der Waals surface area contributed by atoms with Gasteiger partial charge in [0.05, 0.1) is 20.6 Å². The van der Waals surface area contributed by atoms with E-state index in [0.717, 1.165) is 33.9 Å². The van der Waals surface area contributed by atoms with Crippen LogP contribution in [0.2, 0.25) is 0 Å². The maximum absolute atomic E-state index is 11.0. The summed E-state index contributed by atoms with van der Waals surface area (Å²) in [5.74, 6) is 0.847. The lowest BCUT2D eigenvalue weighted by molar-refractivity contribution is -0.137. The Morgan fingerprint density at radius 1 is 0.871 bits per heavy atom. The van der Waals surface area contributed by atoms with Crippen molar-refractivity contribution in [1.29, 1.82) is 0 Å². The van der Waals surface area contributed by atoms with Gasteiger partial charge >= 0.3 is 5.97 Å². The van der Waals surface area contributed by atoms with Crippen molar-refractivity contribution >= 4 is 11.7 Å². The van der Waals surface area contributed by atoms with Crippen molar-refractivity contribution in [1.82, 2.24) is 0 Å². The number of hydrogen-bond donors (Lipinski definition) is 1. The average molecular weight is 420 g/mol. The standard InChI is InChI=1S/C26H29NO4/c1-19(14-26(28)29)22-10-12-23(13-11-22)27(17-20-6-4-8-24(15-20)30-2)18-21-7-5-9-25(16-21)31-3/h4-13,15-16,19H,14,17-18H2,1-3H3,(H,28,29). The number of benzene rings is 3. The minimum atomic E-state index is -0.783. The molecule has 0 aliphatic carbocycles. The monoisotopic (exact) mass is 419 g/mol. The molecule has 0 heterocycles. The number of hydrogen-bond acceptors (Lipinski definition) is 4. The van der Waals surface area contributed by atoms with E-state index in [-0.39, 0.29) is 12.3 Å². The molecule has 0 aliphatic heterocycles. The second kappa shape index (κ2) is 10.5. The molecular weight excluding hydrogens is 390 g/mol. The predicted molar refractivity (Wildman–Crippen MR) is 123 cm³/mol. The Kier molecular flexibility index (Phi) is 7.55. The van der Waals surface area contributed by atoms with Crippen LogP contribution in [0.1, 0.15) is 36.0 Å². The van der Waals surface area contributed by atoms with E-state index in [4.69, 9.17) is 14.6 Å². The Morgan fingerprint density at radius 2 is 1.39 bits per heavy atom. The Hall–Kier alpha value is -3.47. The number of methoxy groups -OCH3 is 2. The molecule has 0 fully saturated rings. The molecule has 1 unspecified atom stereocenters. The van der Waals surface area contributed by atoms with Crippen LogP contribution >= 0.6 is 0 Å². The first-order valence-electron chi connectivity index (χ1n) is 10.3. The fourth-order valence-electron chi connectivity index (χ4n) is 3.61. The molecule has 0 amide bonds. The van der Waals surface area contributed by atoms with E-state index in [1.807, 2.05) is 55.5 Å². The van der Waals surface area contributed by atoms with Crippen LogP contribution in [-0.2, 0) is 17.9 Å². The number of rotatable bonds is 10. The molecule has 0 saturated carbocycles. The molecule has 1 N–H and O–H groups in total. The van der Waals surface area contributed by atoms with Gasteiger partial charge in [-0.2, -0.15) is 0 Å². The highest BCUT2D eigenvalue weighted by Crippen LogP contribution is 2.26. The number of aliphatic carboxylic acids is 1. The van der Waals surface area contributed by atoms with Gasteiger partial charge in [-0.25, -0.2) is 0 Å². The van der Waals surface area contributed by atoms with Gasteiger partial charge in [0.2, 0.25) is 0 Å². The molecule has 5 nitrogen and oxygen atoms in total. The van der Waals surface area contributed by atoms with Crippen LogP contribution in [0.3, 0.4) is 0 Å². The second-order valence-corrected chi connectivity index (χ2v) is 7.65. The third-order valence-electron chi connectivity index (χ3n) is 5.32. The maximum Gasteiger partial charge on any atom is 0.303 e. The molecule has 31 heavy (non-hydrogen) atoms. The second-order valence-electron chi connectivity index (χ2n) is 7.65. The highest BCUT2D eigenvalue weighted by atomic mass is 16.5. The van der Waals surface area contributed by atoms with Crippen LogP contribution in [0.4, 0.5) is 5.69 Å². The van der Waals surface area contributed by atoms with Gasteiger partial charge in [-0.1, -0.05) is 43.3 Å². The van der Waals surface area contributed by atoms with E-state index in [9.17, 15) is 4.79 Å². The average Bonchev–Trinajstić information content (AvgIpc) is 2.78. The van der Waals surface area contributed by atoms with E-state index < -0.39 is 5.97 Å². The molecular formula is C26H29NO4. The highest BCUT2D eigenvalue weighted by molar-refractivity contribution is 5.68. The van der Waals surface area contributed by atoms with Gasteiger partial charge in [0.15, 0.2) is 0 Å². The SMILES string of the molecule is COc1cccc(CN(Cc2cccc(OC)c2)c2ccc(C(C)CC(=O)O)cc2)c1. The summed E-state index contributed by atoms with van der Waals surface area (Å²) in [5, 5.41) is 9.07. The van der Waals surface area contributed by atoms with Crippen LogP contribution in [0, 0.1) is 0 Å². The van der Waals surface area contributed by atoms with Gasteiger partial charge in [0, 0.05) is 18.8 Å². The summed E-state index contributed by atoms with van der Waals surface area (Å²) < 4.78 is 10.8. The van der Waals surface area contributed by atoms with Crippen molar-refractivity contribution in [3.8, 4) is 11.5 Å². The minimum absolute atomic E-state index is 0.0308. The van der Waals surface area contributed by atoms with Crippen LogP contribution < -0.4 is 14.4 Å². The fraction of sp³-hybridized carbons (Fsp3) is 0.269. The van der Waals surface area contributed by atoms with E-state index in [0.29, 0.717) is 13.1 Å². The topological polar surface area (TPSA) is 59.0 Å². The van der Waals surface area contributed by atoms with Crippen molar-refractivity contribution in [2.24, 2.45) is 0 Å². The first-order chi connectivity index (χ1) is 15.0. The zero-order chi connectivity index (χ0) is 22.2. The summed E-state index contributed by atoms with van der Waals surface area (Å²) in [6.45, 7) is 3.35. The molecule has 3 aromatic rings. The summed E-state index contributed by atoms with van der Waals surface area (Å²) in [7, 11) is 3.34. The predicted octanol–water partition coefficient (Wildman–Crippen LogP) is 5.49. The Morgan fingerprint density at radius 3 is 1.84 bits per heavy atom. The van der Waals surface area contributed by atoms with Crippen molar-refractivity contribution in [3.63, 3.8) is 0 Å². The molecule has 0 spiro atoms. The zero-order valence-electron chi connectivity index (χ0n) is 18.2. The minimum Gasteiger partial charge on any atom is -0.497 e. The van der Waals surface area contributed by atoms with Gasteiger partial charge < -0.3 is 19.5 Å². The van der Waals surface area contributed by atoms with E-state index in [1.54, 1.807) is 14.2 Å². The van der Waals surface area contributed by atoms with Crippen LogP contribution in [0.15, 0.2) is 72.8 Å². The van der Waals surface area contributed by atoms with Gasteiger partial charge in [-0.05, 0) is 59.0 Å². The molecule has 0 radical (unpaired) electrons. The molecule has 3 rings (SSSR count). The lowest BCUT2D eigenvalue weighted by Gasteiger charge is -2.26. The normalized spacial score (nSPS) is 11.6. The van der Waals surface area contributed by atoms with Crippen molar-refractivity contribution < 1.29 is 19.4 Å². The number of nitrogens with zero attached hydrogens (tertiary/aromatic N) is 1. The first kappa shape index (κ1) is 22.2. The zero-order valence-corrected chi connectivity index (χ0v) is 18.2. The quantitative estimate of drug-likeness (QED) is 0.471. The molecule has 0 saturated heterocycles. The first-order valence-corrected chi connectivity index (χ1v) is 10.3. The summed E-state index contributed by atoms with van der Waals surface area (Å²) in [4.78, 5) is 13.3. The van der Waals surface area contributed by atoms with Gasteiger partial charge in [-0.15, -0.1) is 0 Å². The van der Waals surface area contributed by atoms with Crippen LogP contribution in [0.25, 0.3) is 0 Å². The Labute approximate surface area is 183 Å². The summed E-state index contributed by atoms with van der Waals surface area (Å²) >= 11 is 0. The van der Waals surface area contributed by atoms with E-state index in [2.05, 4.69) is 29.2 Å². The lowest BCUT2D eigenvalue weighted by Crippen LogP contribution is -2.22. The van der Waals surface area contributed by atoms with E-state index in [1.165, 1.54) is 0 Å². The molecule has 1 atom stereocenters. The number of ether oxygens (including phenoxy) is 2. The third-order valence-corrected chi connectivity index (χ3v) is 5.32. The van der Waals surface area contributed by atoms with Crippen LogP contribution in [-0.4, -0.2) is 25.3 Å². The smallest absolute Gasteiger partial charge is 0.303 e. The largest absolute Gasteiger partial charge is 0.497 e. The molecule has 3 aromatic carbocycles. The number of carboxylic acid groups (broad SMARTS) is 1. The summed E-state index contributed by atoms with van der Waals surface area (Å²) in [5.41, 5.74) is 4.38.